The molecule has 0 saturated carbocycles. The van der Waals surface area contributed by atoms with E-state index in [2.05, 4.69) is 17.3 Å². The minimum atomic E-state index is -4.48. The molecule has 1 aromatic carbocycles. The number of ether oxygens (including phenoxy) is 3. The molecule has 2 bridgehead atoms. The van der Waals surface area contributed by atoms with Crippen molar-refractivity contribution in [1.29, 1.82) is 0 Å². The SMILES string of the molecule is COC1=C[C@@H]2[C@@H]3Cc4ccc(OC)c(OC(=O)CCCCCCCCCCCNC(=O)/C=C/C(F)(F)F)c4[C@]2(CCN3C)CC1=O. The van der Waals surface area contributed by atoms with E-state index in [0.29, 0.717) is 42.7 Å². The van der Waals surface area contributed by atoms with Gasteiger partial charge in [0.15, 0.2) is 23.0 Å². The Labute approximate surface area is 269 Å². The average molecular weight is 649 g/mol. The zero-order valence-electron chi connectivity index (χ0n) is 27.2. The van der Waals surface area contributed by atoms with Gasteiger partial charge in [0.2, 0.25) is 5.91 Å². The van der Waals surface area contributed by atoms with E-state index in [1.165, 1.54) is 7.11 Å². The van der Waals surface area contributed by atoms with Crippen LogP contribution >= 0.6 is 0 Å². The van der Waals surface area contributed by atoms with Crippen molar-refractivity contribution >= 4 is 17.7 Å². The van der Waals surface area contributed by atoms with Gasteiger partial charge in [-0.3, -0.25) is 14.4 Å². The van der Waals surface area contributed by atoms with E-state index in [0.717, 1.165) is 88.3 Å². The van der Waals surface area contributed by atoms with Gasteiger partial charge in [0.05, 0.1) is 14.2 Å². The van der Waals surface area contributed by atoms with Gasteiger partial charge in [-0.15, -0.1) is 0 Å². The van der Waals surface area contributed by atoms with Crippen molar-refractivity contribution in [1.82, 2.24) is 10.2 Å². The third kappa shape index (κ3) is 8.72. The van der Waals surface area contributed by atoms with Crippen LogP contribution in [0.2, 0.25) is 0 Å². The Morgan fingerprint density at radius 1 is 1.02 bits per heavy atom. The lowest BCUT2D eigenvalue weighted by Gasteiger charge is -2.56. The molecule has 3 aliphatic rings. The van der Waals surface area contributed by atoms with Crippen LogP contribution in [0.3, 0.4) is 0 Å². The number of carbonyl (C=O) groups is 3. The first-order chi connectivity index (χ1) is 22.0. The molecule has 8 nitrogen and oxygen atoms in total. The maximum absolute atomic E-state index is 13.2. The second kappa shape index (κ2) is 16.0. The van der Waals surface area contributed by atoms with Gasteiger partial charge in [-0.05, 0) is 57.0 Å². The van der Waals surface area contributed by atoms with E-state index in [9.17, 15) is 27.6 Å². The van der Waals surface area contributed by atoms with Gasteiger partial charge in [-0.1, -0.05) is 51.0 Å². The molecule has 0 unspecified atom stereocenters. The molecule has 46 heavy (non-hydrogen) atoms. The molecule has 3 atom stereocenters. The van der Waals surface area contributed by atoms with E-state index >= 15 is 0 Å². The van der Waals surface area contributed by atoms with Crippen LogP contribution in [0.15, 0.2) is 36.1 Å². The summed E-state index contributed by atoms with van der Waals surface area (Å²) in [5.41, 5.74) is 1.56. The number of halogens is 3. The summed E-state index contributed by atoms with van der Waals surface area (Å²) in [6.45, 7) is 1.21. The Morgan fingerprint density at radius 2 is 1.70 bits per heavy atom. The van der Waals surface area contributed by atoms with Gasteiger partial charge >= 0.3 is 12.1 Å². The minimum Gasteiger partial charge on any atom is -0.493 e. The lowest BCUT2D eigenvalue weighted by molar-refractivity contribution is -0.134. The number of unbranched alkanes of at least 4 members (excludes halogenated alkanes) is 8. The summed E-state index contributed by atoms with van der Waals surface area (Å²) < 4.78 is 53.5. The molecule has 1 N–H and O–H groups in total. The summed E-state index contributed by atoms with van der Waals surface area (Å²) >= 11 is 0. The number of piperidine rings is 1. The summed E-state index contributed by atoms with van der Waals surface area (Å²) in [5.74, 6) is 0.377. The average Bonchev–Trinajstić information content (AvgIpc) is 3.01. The summed E-state index contributed by atoms with van der Waals surface area (Å²) in [5, 5.41) is 2.46. The van der Waals surface area contributed by atoms with E-state index < -0.39 is 17.5 Å². The molecule has 1 heterocycles. The number of nitrogens with zero attached hydrogens (tertiary/aromatic N) is 1. The highest BCUT2D eigenvalue weighted by molar-refractivity contribution is 5.96. The third-order valence-corrected chi connectivity index (χ3v) is 9.68. The van der Waals surface area contributed by atoms with Crippen LogP contribution in [0, 0.1) is 5.92 Å². The highest BCUT2D eigenvalue weighted by atomic mass is 19.4. The first kappa shape index (κ1) is 35.5. The molecule has 11 heteroatoms. The number of esters is 1. The lowest BCUT2D eigenvalue weighted by Crippen LogP contribution is -2.60. The summed E-state index contributed by atoms with van der Waals surface area (Å²) in [6.07, 6.45) is 8.56. The quantitative estimate of drug-likeness (QED) is 0.0966. The molecule has 1 aromatic rings. The molecule has 1 fully saturated rings. The second-order valence-corrected chi connectivity index (χ2v) is 12.7. The fraction of sp³-hybridized carbons (Fsp3) is 0.629. The minimum absolute atomic E-state index is 0.0283. The number of Topliss-reactive ketones (excluding diaryl/α,β-unsaturated/α-hetero) is 1. The molecule has 254 valence electrons. The summed E-state index contributed by atoms with van der Waals surface area (Å²) in [4.78, 5) is 40.0. The first-order valence-corrected chi connectivity index (χ1v) is 16.4. The van der Waals surface area contributed by atoms with Gasteiger partial charge in [0.25, 0.3) is 0 Å². The number of nitrogens with one attached hydrogen (secondary N) is 1. The van der Waals surface area contributed by atoms with Crippen LogP contribution in [-0.4, -0.2) is 69.1 Å². The number of hydrogen-bond acceptors (Lipinski definition) is 7. The van der Waals surface area contributed by atoms with E-state index in [4.69, 9.17) is 14.2 Å². The van der Waals surface area contributed by atoms with Crippen LogP contribution in [0.5, 0.6) is 11.5 Å². The van der Waals surface area contributed by atoms with Crippen molar-refractivity contribution in [2.45, 2.75) is 101 Å². The van der Waals surface area contributed by atoms with Crippen LogP contribution < -0.4 is 14.8 Å². The number of carbonyl (C=O) groups excluding carboxylic acids is 3. The Bertz CT molecular complexity index is 1310. The molecule has 0 aromatic heterocycles. The number of alkyl halides is 3. The smallest absolute Gasteiger partial charge is 0.409 e. The molecular weight excluding hydrogens is 601 g/mol. The number of allylic oxidation sites excluding steroid dienone is 2. The first-order valence-electron chi connectivity index (χ1n) is 16.4. The number of benzene rings is 1. The summed E-state index contributed by atoms with van der Waals surface area (Å²) in [6, 6.07) is 4.14. The van der Waals surface area contributed by atoms with Gasteiger partial charge < -0.3 is 24.4 Å². The van der Waals surface area contributed by atoms with Crippen molar-refractivity contribution in [3.8, 4) is 11.5 Å². The Morgan fingerprint density at radius 3 is 2.35 bits per heavy atom. The predicted molar refractivity (Wildman–Crippen MR) is 168 cm³/mol. The van der Waals surface area contributed by atoms with Crippen molar-refractivity contribution in [3.63, 3.8) is 0 Å². The predicted octanol–water partition coefficient (Wildman–Crippen LogP) is 6.35. The topological polar surface area (TPSA) is 94.2 Å². The van der Waals surface area contributed by atoms with Gasteiger partial charge in [-0.2, -0.15) is 13.2 Å². The summed E-state index contributed by atoms with van der Waals surface area (Å²) in [7, 11) is 5.23. The van der Waals surface area contributed by atoms with Gasteiger partial charge in [0.1, 0.15) is 0 Å². The number of amides is 1. The van der Waals surface area contributed by atoms with Crippen LogP contribution in [-0.2, 0) is 31.0 Å². The van der Waals surface area contributed by atoms with Crippen LogP contribution in [0.4, 0.5) is 13.2 Å². The highest BCUT2D eigenvalue weighted by Crippen LogP contribution is 2.58. The van der Waals surface area contributed by atoms with Crippen molar-refractivity contribution in [3.05, 3.63) is 47.2 Å². The van der Waals surface area contributed by atoms with Gasteiger partial charge in [-0.25, -0.2) is 0 Å². The largest absolute Gasteiger partial charge is 0.493 e. The molecule has 0 spiro atoms. The van der Waals surface area contributed by atoms with Crippen molar-refractivity contribution in [2.75, 3.05) is 34.4 Å². The van der Waals surface area contributed by atoms with Crippen molar-refractivity contribution in [2.24, 2.45) is 5.92 Å². The number of likely N-dealkylation sites (tertiary alicyclic amines) is 1. The monoisotopic (exact) mass is 648 g/mol. The standard InChI is InChI=1S/C35H47F3N2O6/c1-40-20-18-34-23-27(41)29(45-3)22-25(34)26(40)21-24-14-15-28(44-2)33(32(24)34)46-31(43)13-11-9-7-5-4-6-8-10-12-19-39-30(42)16-17-35(36,37)38/h14-17,22,25-26H,4-13,18-21,23H2,1-3H3,(H,39,42)/b17-16+/t25-,26+,34-/m1/s1. The number of fused-ring (bicyclic) bond motifs is 1. The lowest BCUT2D eigenvalue weighted by atomic mass is 9.53. The zero-order valence-corrected chi connectivity index (χ0v) is 27.2. The third-order valence-electron chi connectivity index (χ3n) is 9.68. The van der Waals surface area contributed by atoms with Crippen LogP contribution in [0.1, 0.15) is 88.2 Å². The molecule has 1 amide bonds. The molecule has 1 aliphatic heterocycles. The van der Waals surface area contributed by atoms with E-state index in [1.807, 2.05) is 18.2 Å². The number of hydrogen-bond donors (Lipinski definition) is 1. The maximum Gasteiger partial charge on any atom is 0.409 e. The Hall–Kier alpha value is -3.34. The van der Waals surface area contributed by atoms with E-state index in [1.54, 1.807) is 7.11 Å². The molecular formula is C35H47F3N2O6. The number of ketones is 1. The van der Waals surface area contributed by atoms with E-state index in [-0.39, 0.29) is 29.8 Å². The Kier molecular flexibility index (Phi) is 12.3. The molecule has 2 aliphatic carbocycles. The Balaban J connectivity index is 1.22. The zero-order chi connectivity index (χ0) is 33.3. The number of likely N-dealkylation sites (N-methyl/N-ethyl adjacent to an activating group) is 1. The fourth-order valence-electron chi connectivity index (χ4n) is 7.35. The second-order valence-electron chi connectivity index (χ2n) is 12.7. The fourth-order valence-corrected chi connectivity index (χ4v) is 7.35. The normalized spacial score (nSPS) is 22.6. The molecule has 1 saturated heterocycles. The van der Waals surface area contributed by atoms with Crippen molar-refractivity contribution < 1.29 is 41.8 Å². The maximum atomic E-state index is 13.2. The molecule has 0 radical (unpaired) electrons. The number of methoxy groups -OCH3 is 2. The number of rotatable bonds is 16. The molecule has 4 rings (SSSR count). The van der Waals surface area contributed by atoms with Crippen LogP contribution in [0.25, 0.3) is 0 Å². The van der Waals surface area contributed by atoms with Gasteiger partial charge in [0, 0.05) is 54.5 Å². The highest BCUT2D eigenvalue weighted by Gasteiger charge is 2.57.